The second kappa shape index (κ2) is 6.16. The van der Waals surface area contributed by atoms with Crippen LogP contribution in [0.1, 0.15) is 39.5 Å². The number of hydrogen-bond acceptors (Lipinski definition) is 2. The molecule has 0 aromatic carbocycles. The van der Waals surface area contributed by atoms with Gasteiger partial charge in [0.25, 0.3) is 0 Å². The van der Waals surface area contributed by atoms with Crippen molar-refractivity contribution in [2.45, 2.75) is 45.6 Å². The fraction of sp³-hybridized carbons (Fsp3) is 0.667. The van der Waals surface area contributed by atoms with Crippen molar-refractivity contribution >= 4 is 20.6 Å². The first-order chi connectivity index (χ1) is 8.58. The third kappa shape index (κ3) is 3.79. The minimum Gasteiger partial charge on any atom is -0.300 e. The van der Waals surface area contributed by atoms with Crippen LogP contribution in [0.15, 0.2) is 28.9 Å². The molecule has 0 bridgehead atoms. The van der Waals surface area contributed by atoms with Gasteiger partial charge < -0.3 is 4.90 Å². The number of rotatable bonds is 4. The second-order valence-electron chi connectivity index (χ2n) is 5.50. The molecule has 3 heteroatoms. The first kappa shape index (κ1) is 14.0. The molecule has 0 spiro atoms. The zero-order chi connectivity index (χ0) is 13.1. The van der Waals surface area contributed by atoms with Gasteiger partial charge in [0.05, 0.1) is 4.62 Å². The lowest BCUT2D eigenvalue weighted by Crippen LogP contribution is -2.35. The van der Waals surface area contributed by atoms with Crippen LogP contribution >= 0.6 is 15.9 Å². The molecule has 18 heavy (non-hydrogen) atoms. The van der Waals surface area contributed by atoms with Crippen molar-refractivity contribution in [3.63, 3.8) is 0 Å². The highest BCUT2D eigenvalue weighted by molar-refractivity contribution is 9.18. The predicted octanol–water partition coefficient (Wildman–Crippen LogP) is 4.13. The lowest BCUT2D eigenvalue weighted by Gasteiger charge is -2.33. The van der Waals surface area contributed by atoms with Gasteiger partial charge in [-0.2, -0.15) is 0 Å². The van der Waals surface area contributed by atoms with Crippen LogP contribution in [-0.2, 0) is 0 Å². The Morgan fingerprint density at radius 3 is 2.33 bits per heavy atom. The molecular weight excluding hydrogens is 288 g/mol. The molecule has 2 nitrogen and oxygen atoms in total. The van der Waals surface area contributed by atoms with E-state index in [1.165, 1.54) is 49.9 Å². The van der Waals surface area contributed by atoms with Crippen LogP contribution in [-0.4, -0.2) is 28.7 Å². The maximum atomic E-state index is 4.29. The molecular formula is C15H23BrN2. The maximum Gasteiger partial charge on any atom is 0.0798 e. The van der Waals surface area contributed by atoms with Crippen molar-refractivity contribution in [2.75, 3.05) is 13.1 Å². The van der Waals surface area contributed by atoms with Gasteiger partial charge in [0, 0.05) is 12.2 Å². The lowest BCUT2D eigenvalue weighted by atomic mass is 9.86. The summed E-state index contributed by atoms with van der Waals surface area (Å²) in [4.78, 5) is 6.95. The SMILES string of the molecule is C=C(C(C)=CN=C(C)Br)C1CCN(C2CC2)CC1. The summed E-state index contributed by atoms with van der Waals surface area (Å²) in [7, 11) is 0. The van der Waals surface area contributed by atoms with E-state index in [-0.39, 0.29) is 0 Å². The van der Waals surface area contributed by atoms with E-state index in [4.69, 9.17) is 0 Å². The highest BCUT2D eigenvalue weighted by Crippen LogP contribution is 2.34. The summed E-state index contributed by atoms with van der Waals surface area (Å²) in [5, 5.41) is 0. The molecule has 0 atom stereocenters. The number of likely N-dealkylation sites (tertiary alicyclic amines) is 1. The standard InChI is InChI=1S/C15H23BrN2/c1-11(10-17-13(3)16)12(2)14-6-8-18(9-7-14)15-4-5-15/h10,14-15H,2,4-9H2,1,3H3. The molecule has 0 amide bonds. The van der Waals surface area contributed by atoms with Gasteiger partial charge in [-0.05, 0) is 85.6 Å². The molecule has 1 aliphatic heterocycles. The summed E-state index contributed by atoms with van der Waals surface area (Å²) < 4.78 is 0.915. The van der Waals surface area contributed by atoms with Crippen LogP contribution in [0, 0.1) is 5.92 Å². The van der Waals surface area contributed by atoms with Crippen molar-refractivity contribution in [2.24, 2.45) is 10.9 Å². The molecule has 1 aliphatic carbocycles. The van der Waals surface area contributed by atoms with Crippen LogP contribution in [0.25, 0.3) is 0 Å². The highest BCUT2D eigenvalue weighted by atomic mass is 79.9. The van der Waals surface area contributed by atoms with Crippen LogP contribution < -0.4 is 0 Å². The minimum atomic E-state index is 0.655. The molecule has 100 valence electrons. The normalized spacial score (nSPS) is 24.4. The Morgan fingerprint density at radius 2 is 1.83 bits per heavy atom. The molecule has 2 aliphatic rings. The van der Waals surface area contributed by atoms with Crippen molar-refractivity contribution in [3.05, 3.63) is 23.9 Å². The van der Waals surface area contributed by atoms with E-state index < -0.39 is 0 Å². The Bertz CT molecular complexity index is 368. The summed E-state index contributed by atoms with van der Waals surface area (Å²) in [5.74, 6) is 0.655. The quantitative estimate of drug-likeness (QED) is 0.563. The van der Waals surface area contributed by atoms with Gasteiger partial charge in [0.2, 0.25) is 0 Å². The molecule has 0 aromatic heterocycles. The van der Waals surface area contributed by atoms with Gasteiger partial charge in [0.1, 0.15) is 0 Å². The Hall–Kier alpha value is -0.410. The smallest absolute Gasteiger partial charge is 0.0798 e. The molecule has 0 radical (unpaired) electrons. The van der Waals surface area contributed by atoms with E-state index in [0.29, 0.717) is 5.92 Å². The summed E-state index contributed by atoms with van der Waals surface area (Å²) in [6.45, 7) is 10.8. The summed E-state index contributed by atoms with van der Waals surface area (Å²) in [5.41, 5.74) is 2.50. The fourth-order valence-corrected chi connectivity index (χ4v) is 2.75. The van der Waals surface area contributed by atoms with Gasteiger partial charge in [0.15, 0.2) is 0 Å². The number of piperidine rings is 1. The molecule has 1 saturated carbocycles. The van der Waals surface area contributed by atoms with Crippen molar-refractivity contribution in [3.8, 4) is 0 Å². The summed E-state index contributed by atoms with van der Waals surface area (Å²) in [6.07, 6.45) is 7.29. The van der Waals surface area contributed by atoms with Crippen LogP contribution in [0.2, 0.25) is 0 Å². The molecule has 1 saturated heterocycles. The third-order valence-corrected chi connectivity index (χ3v) is 4.23. The zero-order valence-corrected chi connectivity index (χ0v) is 13.0. The largest absolute Gasteiger partial charge is 0.300 e. The Balaban J connectivity index is 1.86. The molecule has 0 aromatic rings. The molecule has 2 fully saturated rings. The Labute approximate surface area is 119 Å². The van der Waals surface area contributed by atoms with Crippen molar-refractivity contribution in [1.82, 2.24) is 4.90 Å². The summed E-state index contributed by atoms with van der Waals surface area (Å²) in [6, 6.07) is 0.913. The molecule has 0 N–H and O–H groups in total. The average Bonchev–Trinajstić information content (AvgIpc) is 3.19. The summed E-state index contributed by atoms with van der Waals surface area (Å²) >= 11 is 3.35. The minimum absolute atomic E-state index is 0.655. The van der Waals surface area contributed by atoms with Crippen LogP contribution in [0.5, 0.6) is 0 Å². The monoisotopic (exact) mass is 310 g/mol. The average molecular weight is 311 g/mol. The van der Waals surface area contributed by atoms with E-state index in [2.05, 4.69) is 39.3 Å². The predicted molar refractivity (Wildman–Crippen MR) is 82.3 cm³/mol. The topological polar surface area (TPSA) is 15.6 Å². The van der Waals surface area contributed by atoms with Gasteiger partial charge >= 0.3 is 0 Å². The van der Waals surface area contributed by atoms with Gasteiger partial charge in [-0.15, -0.1) is 0 Å². The Morgan fingerprint density at radius 1 is 1.22 bits per heavy atom. The van der Waals surface area contributed by atoms with E-state index in [9.17, 15) is 0 Å². The van der Waals surface area contributed by atoms with Gasteiger partial charge in [-0.25, -0.2) is 0 Å². The van der Waals surface area contributed by atoms with E-state index in [0.717, 1.165) is 10.7 Å². The number of hydrogen-bond donors (Lipinski definition) is 0. The maximum absolute atomic E-state index is 4.29. The number of nitrogens with zero attached hydrogens (tertiary/aromatic N) is 2. The Kier molecular flexibility index (Phi) is 4.79. The lowest BCUT2D eigenvalue weighted by molar-refractivity contribution is 0.191. The second-order valence-corrected chi connectivity index (χ2v) is 6.65. The van der Waals surface area contributed by atoms with Crippen LogP contribution in [0.3, 0.4) is 0 Å². The van der Waals surface area contributed by atoms with Gasteiger partial charge in [-0.3, -0.25) is 4.99 Å². The third-order valence-electron chi connectivity index (χ3n) is 4.03. The first-order valence-electron chi connectivity index (χ1n) is 6.88. The fourth-order valence-electron chi connectivity index (χ4n) is 2.64. The molecule has 1 heterocycles. The first-order valence-corrected chi connectivity index (χ1v) is 7.67. The van der Waals surface area contributed by atoms with E-state index >= 15 is 0 Å². The highest BCUT2D eigenvalue weighted by Gasteiger charge is 2.32. The molecule has 2 rings (SSSR count). The van der Waals surface area contributed by atoms with E-state index in [1.54, 1.807) is 0 Å². The van der Waals surface area contributed by atoms with E-state index in [1.807, 2.05) is 13.1 Å². The van der Waals surface area contributed by atoms with Crippen molar-refractivity contribution in [1.29, 1.82) is 0 Å². The van der Waals surface area contributed by atoms with Crippen molar-refractivity contribution < 1.29 is 0 Å². The number of allylic oxidation sites excluding steroid dienone is 2. The number of halogens is 1. The zero-order valence-electron chi connectivity index (χ0n) is 11.5. The van der Waals surface area contributed by atoms with Crippen LogP contribution in [0.4, 0.5) is 0 Å². The molecule has 0 unspecified atom stereocenters. The number of aliphatic imine (C=N–C) groups is 1. The van der Waals surface area contributed by atoms with Gasteiger partial charge in [-0.1, -0.05) is 6.58 Å².